The Morgan fingerprint density at radius 3 is 2.52 bits per heavy atom. The number of halogens is 1. The fourth-order valence-corrected chi connectivity index (χ4v) is 3.94. The quantitative estimate of drug-likeness (QED) is 0.312. The molecule has 0 radical (unpaired) electrons. The first-order chi connectivity index (χ1) is 16.0. The van der Waals surface area contributed by atoms with E-state index in [1.54, 1.807) is 15.6 Å². The third kappa shape index (κ3) is 5.14. The lowest BCUT2D eigenvalue weighted by Gasteiger charge is -2.14. The third-order valence-electron chi connectivity index (χ3n) is 4.86. The summed E-state index contributed by atoms with van der Waals surface area (Å²) in [4.78, 5) is 0. The number of hydrogen-bond acceptors (Lipinski definition) is 6. The van der Waals surface area contributed by atoms with Crippen LogP contribution in [0.4, 0.5) is 0 Å². The van der Waals surface area contributed by atoms with Gasteiger partial charge in [0.05, 0.1) is 23.0 Å². The Balaban J connectivity index is 1.63. The van der Waals surface area contributed by atoms with Crippen LogP contribution in [0.1, 0.15) is 35.3 Å². The van der Waals surface area contributed by atoms with E-state index in [0.717, 1.165) is 27.0 Å². The summed E-state index contributed by atoms with van der Waals surface area (Å²) in [6, 6.07) is 15.8. The summed E-state index contributed by atoms with van der Waals surface area (Å²) >= 11 is 3.63. The number of nitrogens with zero attached hydrogens (tertiary/aromatic N) is 6. The van der Waals surface area contributed by atoms with Crippen LogP contribution in [0.25, 0.3) is 5.95 Å². The predicted molar refractivity (Wildman–Crippen MR) is 130 cm³/mol. The van der Waals surface area contributed by atoms with Gasteiger partial charge < -0.3 is 9.47 Å². The molecule has 170 valence electrons. The van der Waals surface area contributed by atoms with Crippen LogP contribution in [0, 0.1) is 20.8 Å². The largest absolute Gasteiger partial charge is 0.490 e. The summed E-state index contributed by atoms with van der Waals surface area (Å²) in [5, 5.41) is 17.5. The van der Waals surface area contributed by atoms with E-state index in [0.29, 0.717) is 36.5 Å². The van der Waals surface area contributed by atoms with Crippen molar-refractivity contribution in [2.24, 2.45) is 5.10 Å². The van der Waals surface area contributed by atoms with E-state index in [4.69, 9.17) is 9.47 Å². The second kappa shape index (κ2) is 9.99. The van der Waals surface area contributed by atoms with E-state index in [-0.39, 0.29) is 0 Å². The van der Waals surface area contributed by atoms with Crippen molar-refractivity contribution in [2.75, 3.05) is 6.61 Å². The SMILES string of the molecule is CCOc1cc(/C=N/n2c(C)nnc2-n2nc(C)cc2C)cc(Br)c1OCc1ccccc1. The first kappa shape index (κ1) is 22.7. The Bertz CT molecular complexity index is 1280. The van der Waals surface area contributed by atoms with Gasteiger partial charge in [-0.2, -0.15) is 14.9 Å². The molecule has 33 heavy (non-hydrogen) atoms. The standard InChI is InChI=1S/C24H25BrN6O2/c1-5-32-22-13-20(12-21(25)23(22)33-15-19-9-7-6-8-10-19)14-26-31-18(4)27-28-24(31)30-17(3)11-16(2)29-30/h6-14H,5,15H2,1-4H3/b26-14+. The minimum Gasteiger partial charge on any atom is -0.490 e. The van der Waals surface area contributed by atoms with Crippen LogP contribution in [0.15, 0.2) is 58.1 Å². The lowest BCUT2D eigenvalue weighted by Crippen LogP contribution is -2.08. The lowest BCUT2D eigenvalue weighted by molar-refractivity contribution is 0.267. The van der Waals surface area contributed by atoms with E-state index in [1.807, 2.05) is 76.2 Å². The van der Waals surface area contributed by atoms with Gasteiger partial charge >= 0.3 is 0 Å². The fraction of sp³-hybridized carbons (Fsp3) is 0.250. The highest BCUT2D eigenvalue weighted by Crippen LogP contribution is 2.37. The normalized spacial score (nSPS) is 11.3. The van der Waals surface area contributed by atoms with E-state index in [9.17, 15) is 0 Å². The average Bonchev–Trinajstić information content (AvgIpc) is 3.32. The van der Waals surface area contributed by atoms with Crippen molar-refractivity contribution >= 4 is 22.1 Å². The summed E-state index contributed by atoms with van der Waals surface area (Å²) in [5.74, 6) is 2.48. The summed E-state index contributed by atoms with van der Waals surface area (Å²) in [6.45, 7) is 8.66. The van der Waals surface area contributed by atoms with Crippen molar-refractivity contribution in [3.63, 3.8) is 0 Å². The van der Waals surface area contributed by atoms with Crippen molar-refractivity contribution in [1.29, 1.82) is 0 Å². The highest BCUT2D eigenvalue weighted by Gasteiger charge is 2.15. The molecule has 0 spiro atoms. The Morgan fingerprint density at radius 2 is 1.82 bits per heavy atom. The molecule has 8 nitrogen and oxygen atoms in total. The smallest absolute Gasteiger partial charge is 0.273 e. The molecule has 2 aromatic heterocycles. The number of ether oxygens (including phenoxy) is 2. The zero-order valence-corrected chi connectivity index (χ0v) is 20.6. The minimum absolute atomic E-state index is 0.443. The molecule has 2 heterocycles. The van der Waals surface area contributed by atoms with Crippen LogP contribution in [0.5, 0.6) is 11.5 Å². The molecule has 0 bridgehead atoms. The zero-order valence-electron chi connectivity index (χ0n) is 19.0. The molecule has 9 heteroatoms. The van der Waals surface area contributed by atoms with Crippen LogP contribution in [0.2, 0.25) is 0 Å². The van der Waals surface area contributed by atoms with Crippen LogP contribution in [-0.4, -0.2) is 37.5 Å². The molecule has 0 unspecified atom stereocenters. The molecule has 0 saturated heterocycles. The number of aryl methyl sites for hydroxylation is 3. The molecule has 4 rings (SSSR count). The molecule has 0 atom stereocenters. The van der Waals surface area contributed by atoms with Crippen molar-refractivity contribution < 1.29 is 9.47 Å². The molecule has 0 saturated carbocycles. The lowest BCUT2D eigenvalue weighted by atomic mass is 10.2. The molecule has 0 fully saturated rings. The van der Waals surface area contributed by atoms with Crippen molar-refractivity contribution in [1.82, 2.24) is 24.7 Å². The minimum atomic E-state index is 0.443. The van der Waals surface area contributed by atoms with Crippen LogP contribution >= 0.6 is 15.9 Å². The molecule has 0 N–H and O–H groups in total. The van der Waals surface area contributed by atoms with Gasteiger partial charge in [-0.25, -0.2) is 4.68 Å². The summed E-state index contributed by atoms with van der Waals surface area (Å²) in [5.41, 5.74) is 3.78. The second-order valence-corrected chi connectivity index (χ2v) is 8.33. The maximum Gasteiger partial charge on any atom is 0.273 e. The van der Waals surface area contributed by atoms with Crippen LogP contribution in [-0.2, 0) is 6.61 Å². The summed E-state index contributed by atoms with van der Waals surface area (Å²) in [6.07, 6.45) is 1.74. The van der Waals surface area contributed by atoms with Crippen molar-refractivity contribution in [3.8, 4) is 17.4 Å². The van der Waals surface area contributed by atoms with Gasteiger partial charge in [-0.05, 0) is 73.0 Å². The first-order valence-corrected chi connectivity index (χ1v) is 11.4. The van der Waals surface area contributed by atoms with Gasteiger partial charge in [0.25, 0.3) is 5.95 Å². The molecule has 0 amide bonds. The second-order valence-electron chi connectivity index (χ2n) is 7.48. The van der Waals surface area contributed by atoms with Gasteiger partial charge in [0, 0.05) is 5.69 Å². The van der Waals surface area contributed by atoms with E-state index in [1.165, 1.54) is 0 Å². The van der Waals surface area contributed by atoms with E-state index >= 15 is 0 Å². The number of aromatic nitrogens is 5. The highest BCUT2D eigenvalue weighted by atomic mass is 79.9. The molecular weight excluding hydrogens is 484 g/mol. The molecule has 2 aromatic carbocycles. The first-order valence-electron chi connectivity index (χ1n) is 10.6. The topological polar surface area (TPSA) is 79.4 Å². The molecule has 4 aromatic rings. The maximum absolute atomic E-state index is 6.07. The number of hydrogen-bond donors (Lipinski definition) is 0. The average molecular weight is 509 g/mol. The van der Waals surface area contributed by atoms with Gasteiger partial charge in [-0.3, -0.25) is 0 Å². The molecule has 0 aliphatic carbocycles. The summed E-state index contributed by atoms with van der Waals surface area (Å²) in [7, 11) is 0. The Hall–Kier alpha value is -3.46. The number of rotatable bonds is 8. The van der Waals surface area contributed by atoms with Crippen molar-refractivity contribution in [2.45, 2.75) is 34.3 Å². The van der Waals surface area contributed by atoms with Gasteiger partial charge in [0.1, 0.15) is 6.61 Å². The van der Waals surface area contributed by atoms with Gasteiger partial charge in [-0.15, -0.1) is 10.2 Å². The zero-order chi connectivity index (χ0) is 23.4. The molecule has 0 aliphatic rings. The van der Waals surface area contributed by atoms with E-state index < -0.39 is 0 Å². The molecule has 0 aliphatic heterocycles. The Morgan fingerprint density at radius 1 is 1.03 bits per heavy atom. The maximum atomic E-state index is 6.07. The monoisotopic (exact) mass is 508 g/mol. The van der Waals surface area contributed by atoms with Crippen LogP contribution < -0.4 is 9.47 Å². The van der Waals surface area contributed by atoms with Gasteiger partial charge in [-0.1, -0.05) is 30.3 Å². The molecular formula is C24H25BrN6O2. The Kier molecular flexibility index (Phi) is 6.88. The fourth-order valence-electron chi connectivity index (χ4n) is 3.36. The third-order valence-corrected chi connectivity index (χ3v) is 5.45. The Labute approximate surface area is 201 Å². The van der Waals surface area contributed by atoms with Crippen LogP contribution in [0.3, 0.4) is 0 Å². The van der Waals surface area contributed by atoms with Gasteiger partial charge in [0.15, 0.2) is 17.3 Å². The number of benzene rings is 2. The van der Waals surface area contributed by atoms with Crippen molar-refractivity contribution in [3.05, 3.63) is 81.3 Å². The summed E-state index contributed by atoms with van der Waals surface area (Å²) < 4.78 is 16.1. The predicted octanol–water partition coefficient (Wildman–Crippen LogP) is 5.01. The van der Waals surface area contributed by atoms with E-state index in [2.05, 4.69) is 36.3 Å². The van der Waals surface area contributed by atoms with Gasteiger partial charge in [0.2, 0.25) is 0 Å². The highest BCUT2D eigenvalue weighted by molar-refractivity contribution is 9.10.